The number of carboxylic acids is 1. The zero-order valence-electron chi connectivity index (χ0n) is 20.7. The second kappa shape index (κ2) is 13.9. The number of rotatable bonds is 15. The Hall–Kier alpha value is -3.97. The Morgan fingerprint density at radius 1 is 0.946 bits per heavy atom. The Morgan fingerprint density at radius 3 is 2.19 bits per heavy atom. The van der Waals surface area contributed by atoms with Crippen molar-refractivity contribution in [3.05, 3.63) is 36.0 Å². The van der Waals surface area contributed by atoms with E-state index in [4.69, 9.17) is 17.2 Å². The average Bonchev–Trinajstić information content (AvgIpc) is 3.24. The largest absolute Gasteiger partial charge is 0.480 e. The molecule has 11 N–H and O–H groups in total. The van der Waals surface area contributed by atoms with Gasteiger partial charge in [-0.25, -0.2) is 4.79 Å². The fourth-order valence-corrected chi connectivity index (χ4v) is 3.74. The number of primary amides is 1. The maximum absolute atomic E-state index is 13.1. The Balaban J connectivity index is 2.19. The fourth-order valence-electron chi connectivity index (χ4n) is 3.74. The molecule has 0 aliphatic carbocycles. The van der Waals surface area contributed by atoms with E-state index in [1.165, 1.54) is 6.92 Å². The molecule has 1 heterocycles. The molecule has 1 aromatic carbocycles. The van der Waals surface area contributed by atoms with E-state index < -0.39 is 60.2 Å². The molecule has 1 aromatic heterocycles. The highest BCUT2D eigenvalue weighted by atomic mass is 16.4. The molecule has 2 aromatic rings. The number of carbonyl (C=O) groups is 5. The molecule has 202 valence electrons. The van der Waals surface area contributed by atoms with Crippen LogP contribution in [0.4, 0.5) is 0 Å². The molecule has 0 saturated carbocycles. The SMILES string of the molecule is CC(N)C(=O)NC(CC(N)=O)C(=O)NC(CCCCN)C(=O)NC(Cc1c[nH]c2ccccc12)C(=O)O. The van der Waals surface area contributed by atoms with Crippen molar-refractivity contribution in [2.45, 2.75) is 63.2 Å². The van der Waals surface area contributed by atoms with Gasteiger partial charge in [0.2, 0.25) is 23.6 Å². The van der Waals surface area contributed by atoms with Crippen LogP contribution in [0.25, 0.3) is 10.9 Å². The Bertz CT molecular complexity index is 1120. The second-order valence-corrected chi connectivity index (χ2v) is 8.83. The Kier molecular flexibility index (Phi) is 11.0. The number of H-pyrrole nitrogens is 1. The summed E-state index contributed by atoms with van der Waals surface area (Å²) in [6, 6.07) is 2.62. The van der Waals surface area contributed by atoms with Gasteiger partial charge in [-0.05, 0) is 44.4 Å². The summed E-state index contributed by atoms with van der Waals surface area (Å²) in [6.45, 7) is 1.76. The third-order valence-electron chi connectivity index (χ3n) is 5.75. The average molecular weight is 518 g/mol. The van der Waals surface area contributed by atoms with Crippen LogP contribution >= 0.6 is 0 Å². The number of carboxylic acid groups (broad SMARTS) is 1. The van der Waals surface area contributed by atoms with Crippen LogP contribution in [-0.2, 0) is 30.4 Å². The number of nitrogens with one attached hydrogen (secondary N) is 4. The van der Waals surface area contributed by atoms with E-state index in [0.717, 1.165) is 10.9 Å². The first-order chi connectivity index (χ1) is 17.5. The number of para-hydroxylation sites is 1. The number of aromatic amines is 1. The standard InChI is InChI=1S/C24H35N7O6/c1-13(26)21(33)30-18(11-20(27)32)23(35)29-17(8-4-5-9-25)22(34)31-19(24(36)37)10-14-12-28-16-7-3-2-6-15(14)16/h2-3,6-7,12-13,17-19,28H,4-5,8-11,25-26H2,1H3,(H2,27,32)(H,29,35)(H,30,33)(H,31,34)(H,36,37). The summed E-state index contributed by atoms with van der Waals surface area (Å²) in [7, 11) is 0. The number of benzene rings is 1. The van der Waals surface area contributed by atoms with E-state index in [2.05, 4.69) is 20.9 Å². The molecule has 0 bridgehead atoms. The number of carbonyl (C=O) groups excluding carboxylic acids is 4. The molecule has 0 fully saturated rings. The van der Waals surface area contributed by atoms with Gasteiger partial charge in [0.1, 0.15) is 18.1 Å². The first-order valence-corrected chi connectivity index (χ1v) is 12.0. The molecule has 0 aliphatic rings. The maximum atomic E-state index is 13.1. The predicted octanol–water partition coefficient (Wildman–Crippen LogP) is -1.40. The highest BCUT2D eigenvalue weighted by Crippen LogP contribution is 2.19. The molecule has 4 amide bonds. The Morgan fingerprint density at radius 2 is 1.57 bits per heavy atom. The van der Waals surface area contributed by atoms with Crippen molar-refractivity contribution in [3.63, 3.8) is 0 Å². The van der Waals surface area contributed by atoms with Gasteiger partial charge >= 0.3 is 5.97 Å². The molecular weight excluding hydrogens is 482 g/mol. The van der Waals surface area contributed by atoms with Crippen molar-refractivity contribution in [3.8, 4) is 0 Å². The number of hydrogen-bond acceptors (Lipinski definition) is 7. The minimum absolute atomic E-state index is 0.00327. The van der Waals surface area contributed by atoms with Gasteiger partial charge < -0.3 is 43.2 Å². The van der Waals surface area contributed by atoms with Crippen molar-refractivity contribution in [2.75, 3.05) is 6.54 Å². The quantitative estimate of drug-likeness (QED) is 0.130. The number of nitrogens with two attached hydrogens (primary N) is 3. The van der Waals surface area contributed by atoms with Crippen molar-refractivity contribution in [2.24, 2.45) is 17.2 Å². The lowest BCUT2D eigenvalue weighted by Crippen LogP contribution is -2.57. The number of unbranched alkanes of at least 4 members (excludes halogenated alkanes) is 1. The third-order valence-corrected chi connectivity index (χ3v) is 5.75. The molecule has 13 heteroatoms. The van der Waals surface area contributed by atoms with Gasteiger partial charge in [0.25, 0.3) is 0 Å². The van der Waals surface area contributed by atoms with E-state index in [0.29, 0.717) is 24.9 Å². The summed E-state index contributed by atoms with van der Waals surface area (Å²) in [5.74, 6) is -4.34. The van der Waals surface area contributed by atoms with Gasteiger partial charge in [-0.3, -0.25) is 19.2 Å². The van der Waals surface area contributed by atoms with Gasteiger partial charge in [-0.2, -0.15) is 0 Å². The molecule has 0 aliphatic heterocycles. The lowest BCUT2D eigenvalue weighted by molar-refractivity contribution is -0.142. The molecule has 0 spiro atoms. The van der Waals surface area contributed by atoms with E-state index >= 15 is 0 Å². The molecule has 4 atom stereocenters. The molecule has 37 heavy (non-hydrogen) atoms. The molecule has 4 unspecified atom stereocenters. The van der Waals surface area contributed by atoms with Crippen LogP contribution in [0, 0.1) is 0 Å². The van der Waals surface area contributed by atoms with E-state index in [9.17, 15) is 29.1 Å². The normalized spacial score (nSPS) is 14.2. The van der Waals surface area contributed by atoms with Gasteiger partial charge in [0.05, 0.1) is 12.5 Å². The zero-order chi connectivity index (χ0) is 27.5. The van der Waals surface area contributed by atoms with Crippen LogP contribution in [0.1, 0.15) is 38.2 Å². The lowest BCUT2D eigenvalue weighted by atomic mass is 10.0. The van der Waals surface area contributed by atoms with Crippen LogP contribution in [0.5, 0.6) is 0 Å². The minimum atomic E-state index is -1.36. The lowest BCUT2D eigenvalue weighted by Gasteiger charge is -2.24. The first-order valence-electron chi connectivity index (χ1n) is 12.0. The zero-order valence-corrected chi connectivity index (χ0v) is 20.7. The van der Waals surface area contributed by atoms with Gasteiger partial charge in [-0.15, -0.1) is 0 Å². The van der Waals surface area contributed by atoms with Gasteiger partial charge in [0.15, 0.2) is 0 Å². The second-order valence-electron chi connectivity index (χ2n) is 8.83. The molecule has 0 radical (unpaired) electrons. The van der Waals surface area contributed by atoms with E-state index in [1.54, 1.807) is 6.20 Å². The topological polar surface area (TPSA) is 236 Å². The smallest absolute Gasteiger partial charge is 0.326 e. The minimum Gasteiger partial charge on any atom is -0.480 e. The summed E-state index contributed by atoms with van der Waals surface area (Å²) in [6.07, 6.45) is 2.34. The summed E-state index contributed by atoms with van der Waals surface area (Å²) in [5.41, 5.74) is 17.8. The van der Waals surface area contributed by atoms with Crippen LogP contribution in [0.2, 0.25) is 0 Å². The highest BCUT2D eigenvalue weighted by molar-refractivity contribution is 5.96. The maximum Gasteiger partial charge on any atom is 0.326 e. The van der Waals surface area contributed by atoms with E-state index in [1.807, 2.05) is 24.3 Å². The summed E-state index contributed by atoms with van der Waals surface area (Å²) >= 11 is 0. The van der Waals surface area contributed by atoms with Crippen LogP contribution in [-0.4, -0.2) is 70.4 Å². The molecule has 13 nitrogen and oxygen atoms in total. The van der Waals surface area contributed by atoms with Gasteiger partial charge in [-0.1, -0.05) is 18.2 Å². The highest BCUT2D eigenvalue weighted by Gasteiger charge is 2.31. The van der Waals surface area contributed by atoms with Crippen molar-refractivity contribution in [1.29, 1.82) is 0 Å². The summed E-state index contributed by atoms with van der Waals surface area (Å²) < 4.78 is 0. The van der Waals surface area contributed by atoms with Crippen LogP contribution in [0.15, 0.2) is 30.5 Å². The fraction of sp³-hybridized carbons (Fsp3) is 0.458. The number of hydrogen-bond donors (Lipinski definition) is 8. The summed E-state index contributed by atoms with van der Waals surface area (Å²) in [5, 5.41) is 17.9. The predicted molar refractivity (Wildman–Crippen MR) is 136 cm³/mol. The van der Waals surface area contributed by atoms with Crippen molar-refractivity contribution >= 4 is 40.5 Å². The Labute approximate surface area is 213 Å². The van der Waals surface area contributed by atoms with Crippen molar-refractivity contribution in [1.82, 2.24) is 20.9 Å². The monoisotopic (exact) mass is 517 g/mol. The van der Waals surface area contributed by atoms with Crippen LogP contribution < -0.4 is 33.2 Å². The number of amides is 4. The summed E-state index contributed by atoms with van der Waals surface area (Å²) in [4.78, 5) is 64.5. The first kappa shape index (κ1) is 29.3. The number of aromatic nitrogens is 1. The van der Waals surface area contributed by atoms with Gasteiger partial charge in [0, 0.05) is 23.5 Å². The number of fused-ring (bicyclic) bond motifs is 1. The van der Waals surface area contributed by atoms with Crippen LogP contribution in [0.3, 0.4) is 0 Å². The van der Waals surface area contributed by atoms with Crippen molar-refractivity contribution < 1.29 is 29.1 Å². The van der Waals surface area contributed by atoms with E-state index in [-0.39, 0.29) is 12.8 Å². The molecule has 2 rings (SSSR count). The third kappa shape index (κ3) is 8.88. The molecule has 0 saturated heterocycles. The number of aliphatic carboxylic acids is 1. The molecular formula is C24H35N7O6.